The van der Waals surface area contributed by atoms with Crippen molar-refractivity contribution >= 4 is 29.6 Å². The van der Waals surface area contributed by atoms with Crippen molar-refractivity contribution in [3.05, 3.63) is 0 Å². The van der Waals surface area contributed by atoms with Crippen LogP contribution in [0.25, 0.3) is 0 Å². The first-order chi connectivity index (χ1) is 9.56. The number of nitrogen functional groups attached to an aromatic ring is 1. The number of aromatic nitrogens is 3. The highest BCUT2D eigenvalue weighted by molar-refractivity contribution is 8.00. The summed E-state index contributed by atoms with van der Waals surface area (Å²) in [5, 5.41) is 3.32. The van der Waals surface area contributed by atoms with Gasteiger partial charge in [0.2, 0.25) is 17.8 Å². The van der Waals surface area contributed by atoms with Crippen LogP contribution in [-0.4, -0.2) is 45.1 Å². The van der Waals surface area contributed by atoms with Crippen molar-refractivity contribution < 1.29 is 0 Å². The van der Waals surface area contributed by atoms with Gasteiger partial charge in [-0.1, -0.05) is 0 Å². The Balaban J connectivity index is 2.07. The Kier molecular flexibility index (Phi) is 4.91. The minimum absolute atomic E-state index is 0.272. The van der Waals surface area contributed by atoms with Gasteiger partial charge in [0.15, 0.2) is 0 Å². The molecule has 0 aromatic carbocycles. The average Bonchev–Trinajstić information content (AvgIpc) is 2.85. The van der Waals surface area contributed by atoms with Gasteiger partial charge in [0.1, 0.15) is 0 Å². The van der Waals surface area contributed by atoms with Crippen LogP contribution >= 0.6 is 11.8 Å². The lowest BCUT2D eigenvalue weighted by atomic mass is 10.1. The van der Waals surface area contributed by atoms with Crippen LogP contribution in [0.4, 0.5) is 17.8 Å². The Morgan fingerprint density at radius 3 is 2.65 bits per heavy atom. The molecule has 1 aliphatic rings. The van der Waals surface area contributed by atoms with Gasteiger partial charge in [-0.3, -0.25) is 0 Å². The molecule has 0 amide bonds. The molecule has 7 heteroatoms. The topological polar surface area (TPSA) is 80.0 Å². The van der Waals surface area contributed by atoms with E-state index in [9.17, 15) is 0 Å². The van der Waals surface area contributed by atoms with Crippen LogP contribution in [0.5, 0.6) is 0 Å². The van der Waals surface area contributed by atoms with Gasteiger partial charge >= 0.3 is 0 Å². The maximum atomic E-state index is 5.79. The molecule has 20 heavy (non-hydrogen) atoms. The number of anilines is 3. The molecule has 2 rings (SSSR count). The maximum Gasteiger partial charge on any atom is 0.231 e. The standard InChI is InChI=1S/C13H24N6S/c1-4-19(5-2)12-17-10(14)16-11(18-12)15-9-13(3)7-6-8-20-13/h4-9H2,1-3H3,(H3,14,15,16,17,18). The normalized spacial score (nSPS) is 21.9. The molecule has 1 unspecified atom stereocenters. The van der Waals surface area contributed by atoms with Crippen molar-refractivity contribution in [1.82, 2.24) is 15.0 Å². The van der Waals surface area contributed by atoms with Crippen LogP contribution in [0.15, 0.2) is 0 Å². The van der Waals surface area contributed by atoms with E-state index in [4.69, 9.17) is 5.73 Å². The molecule has 0 bridgehead atoms. The first-order valence-corrected chi connectivity index (χ1v) is 8.19. The lowest BCUT2D eigenvalue weighted by Crippen LogP contribution is -2.29. The monoisotopic (exact) mass is 296 g/mol. The van der Waals surface area contributed by atoms with E-state index in [1.165, 1.54) is 18.6 Å². The summed E-state index contributed by atoms with van der Waals surface area (Å²) in [6.45, 7) is 9.01. The fourth-order valence-corrected chi connectivity index (χ4v) is 3.59. The van der Waals surface area contributed by atoms with E-state index < -0.39 is 0 Å². The summed E-state index contributed by atoms with van der Waals surface area (Å²) in [7, 11) is 0. The summed E-state index contributed by atoms with van der Waals surface area (Å²) < 4.78 is 0.275. The van der Waals surface area contributed by atoms with Gasteiger partial charge in [-0.2, -0.15) is 26.7 Å². The maximum absolute atomic E-state index is 5.79. The molecule has 2 heterocycles. The lowest BCUT2D eigenvalue weighted by molar-refractivity contribution is 0.632. The highest BCUT2D eigenvalue weighted by atomic mass is 32.2. The number of nitrogens with zero attached hydrogens (tertiary/aromatic N) is 4. The van der Waals surface area contributed by atoms with Gasteiger partial charge in [0, 0.05) is 24.4 Å². The molecule has 1 atom stereocenters. The predicted octanol–water partition coefficient (Wildman–Crippen LogP) is 2.00. The molecule has 0 saturated carbocycles. The van der Waals surface area contributed by atoms with Crippen molar-refractivity contribution in [1.29, 1.82) is 0 Å². The van der Waals surface area contributed by atoms with Crippen molar-refractivity contribution in [3.8, 4) is 0 Å². The van der Waals surface area contributed by atoms with Gasteiger partial charge in [-0.15, -0.1) is 0 Å². The third-order valence-electron chi connectivity index (χ3n) is 3.61. The van der Waals surface area contributed by atoms with Crippen LogP contribution in [0, 0.1) is 0 Å². The minimum Gasteiger partial charge on any atom is -0.368 e. The van der Waals surface area contributed by atoms with Crippen LogP contribution < -0.4 is 16.0 Å². The molecule has 0 aliphatic carbocycles. The molecule has 1 saturated heterocycles. The molecule has 3 N–H and O–H groups in total. The van der Waals surface area contributed by atoms with E-state index in [0.717, 1.165) is 19.6 Å². The van der Waals surface area contributed by atoms with E-state index in [1.807, 2.05) is 11.8 Å². The summed E-state index contributed by atoms with van der Waals surface area (Å²) in [6.07, 6.45) is 2.51. The number of hydrogen-bond donors (Lipinski definition) is 2. The van der Waals surface area contributed by atoms with Crippen molar-refractivity contribution in [3.63, 3.8) is 0 Å². The van der Waals surface area contributed by atoms with Crippen molar-refractivity contribution in [2.75, 3.05) is 41.3 Å². The van der Waals surface area contributed by atoms with E-state index >= 15 is 0 Å². The molecule has 1 aromatic rings. The second-order valence-corrected chi connectivity index (χ2v) is 6.93. The molecule has 1 fully saturated rings. The molecule has 112 valence electrons. The minimum atomic E-state index is 0.272. The smallest absolute Gasteiger partial charge is 0.231 e. The number of rotatable bonds is 6. The third kappa shape index (κ3) is 3.65. The summed E-state index contributed by atoms with van der Waals surface area (Å²) in [5.41, 5.74) is 5.79. The van der Waals surface area contributed by atoms with Crippen LogP contribution in [0.1, 0.15) is 33.6 Å². The fraction of sp³-hybridized carbons (Fsp3) is 0.769. The van der Waals surface area contributed by atoms with Crippen LogP contribution in [0.3, 0.4) is 0 Å². The average molecular weight is 296 g/mol. The molecule has 0 radical (unpaired) electrons. The first kappa shape index (κ1) is 15.2. The molecule has 1 aromatic heterocycles. The van der Waals surface area contributed by atoms with Crippen molar-refractivity contribution in [2.24, 2.45) is 0 Å². The zero-order valence-corrected chi connectivity index (χ0v) is 13.3. The second-order valence-electron chi connectivity index (χ2n) is 5.24. The summed E-state index contributed by atoms with van der Waals surface area (Å²) in [4.78, 5) is 14.9. The van der Waals surface area contributed by atoms with E-state index in [-0.39, 0.29) is 10.7 Å². The van der Waals surface area contributed by atoms with Crippen LogP contribution in [0.2, 0.25) is 0 Å². The number of thioether (sulfide) groups is 1. The third-order valence-corrected chi connectivity index (χ3v) is 5.15. The quantitative estimate of drug-likeness (QED) is 0.831. The van der Waals surface area contributed by atoms with Gasteiger partial charge in [0.05, 0.1) is 0 Å². The van der Waals surface area contributed by atoms with Gasteiger partial charge in [-0.25, -0.2) is 0 Å². The van der Waals surface area contributed by atoms with Gasteiger partial charge in [0.25, 0.3) is 0 Å². The Labute approximate surface area is 125 Å². The molecule has 6 nitrogen and oxygen atoms in total. The van der Waals surface area contributed by atoms with Crippen molar-refractivity contribution in [2.45, 2.75) is 38.4 Å². The van der Waals surface area contributed by atoms with Gasteiger partial charge < -0.3 is 16.0 Å². The zero-order chi connectivity index (χ0) is 14.6. The number of nitrogens with one attached hydrogen (secondary N) is 1. The predicted molar refractivity (Wildman–Crippen MR) is 86.4 cm³/mol. The lowest BCUT2D eigenvalue weighted by Gasteiger charge is -2.23. The highest BCUT2D eigenvalue weighted by Crippen LogP contribution is 2.37. The summed E-state index contributed by atoms with van der Waals surface area (Å²) >= 11 is 2.01. The fourth-order valence-electron chi connectivity index (χ4n) is 2.35. The van der Waals surface area contributed by atoms with Crippen LogP contribution in [-0.2, 0) is 0 Å². The van der Waals surface area contributed by atoms with Gasteiger partial charge in [-0.05, 0) is 39.4 Å². The Morgan fingerprint density at radius 2 is 2.05 bits per heavy atom. The Morgan fingerprint density at radius 1 is 1.30 bits per heavy atom. The Bertz CT molecular complexity index is 442. The molecular weight excluding hydrogens is 272 g/mol. The Hall–Kier alpha value is -1.24. The zero-order valence-electron chi connectivity index (χ0n) is 12.5. The van der Waals surface area contributed by atoms with E-state index in [1.54, 1.807) is 0 Å². The first-order valence-electron chi connectivity index (χ1n) is 7.20. The molecule has 0 spiro atoms. The SMILES string of the molecule is CCN(CC)c1nc(N)nc(NCC2(C)CCCS2)n1. The summed E-state index contributed by atoms with van der Waals surface area (Å²) in [5.74, 6) is 2.73. The highest BCUT2D eigenvalue weighted by Gasteiger charge is 2.29. The molecule has 1 aliphatic heterocycles. The van der Waals surface area contributed by atoms with E-state index in [2.05, 4.69) is 45.9 Å². The largest absolute Gasteiger partial charge is 0.368 e. The van der Waals surface area contributed by atoms with E-state index in [0.29, 0.717) is 11.9 Å². The second kappa shape index (κ2) is 6.47. The number of hydrogen-bond acceptors (Lipinski definition) is 7. The molecular formula is C13H24N6S. The summed E-state index contributed by atoms with van der Waals surface area (Å²) in [6, 6.07) is 0. The number of nitrogens with two attached hydrogens (primary N) is 1.